The molecule has 0 bridgehead atoms. The normalized spacial score (nSPS) is 10.4. The first kappa shape index (κ1) is 20.4. The van der Waals surface area contributed by atoms with Crippen molar-refractivity contribution in [1.29, 1.82) is 0 Å². The molecule has 0 spiro atoms. The van der Waals surface area contributed by atoms with Crippen LogP contribution < -0.4 is 4.90 Å². The molecule has 0 N–H and O–H groups in total. The largest absolute Gasteiger partial charge is 0.357 e. The van der Waals surface area contributed by atoms with Gasteiger partial charge in [0.15, 0.2) is 0 Å². The Labute approximate surface area is 170 Å². The van der Waals surface area contributed by atoms with Crippen molar-refractivity contribution in [2.75, 3.05) is 4.90 Å². The predicted molar refractivity (Wildman–Crippen MR) is 109 cm³/mol. The molecule has 0 saturated carbocycles. The Morgan fingerprint density at radius 3 is 1.43 bits per heavy atom. The molecule has 10 nitrogen and oxygen atoms in total. The van der Waals surface area contributed by atoms with Gasteiger partial charge in [0.2, 0.25) is 0 Å². The van der Waals surface area contributed by atoms with Gasteiger partial charge in [0.25, 0.3) is 17.1 Å². The highest BCUT2D eigenvalue weighted by atomic mass is 16.6. The van der Waals surface area contributed by atoms with Gasteiger partial charge in [-0.3, -0.25) is 30.3 Å². The lowest BCUT2D eigenvalue weighted by atomic mass is 10.1. The Hall–Kier alpha value is -4.34. The van der Waals surface area contributed by atoms with Crippen molar-refractivity contribution in [2.45, 2.75) is 13.1 Å². The third-order valence-electron chi connectivity index (χ3n) is 4.46. The Morgan fingerprint density at radius 1 is 0.600 bits per heavy atom. The monoisotopic (exact) mass is 408 g/mol. The average Bonchev–Trinajstić information content (AvgIpc) is 2.74. The van der Waals surface area contributed by atoms with Gasteiger partial charge in [-0.05, 0) is 17.2 Å². The summed E-state index contributed by atoms with van der Waals surface area (Å²) in [6.45, 7) is 0.500. The fourth-order valence-corrected chi connectivity index (χ4v) is 3.00. The molecule has 0 unspecified atom stereocenters. The highest BCUT2D eigenvalue weighted by molar-refractivity contribution is 5.63. The van der Waals surface area contributed by atoms with Gasteiger partial charge in [0, 0.05) is 43.4 Å². The van der Waals surface area contributed by atoms with Crippen LogP contribution in [0.5, 0.6) is 0 Å². The van der Waals surface area contributed by atoms with Crippen molar-refractivity contribution in [3.63, 3.8) is 0 Å². The minimum atomic E-state index is -0.500. The van der Waals surface area contributed by atoms with Gasteiger partial charge < -0.3 is 4.90 Å². The number of hydrogen-bond acceptors (Lipinski definition) is 7. The Morgan fingerprint density at radius 2 is 1.03 bits per heavy atom. The van der Waals surface area contributed by atoms with Crippen LogP contribution in [0, 0.1) is 30.3 Å². The van der Waals surface area contributed by atoms with Crippen LogP contribution in [-0.2, 0) is 13.1 Å². The number of nitro benzene ring substituents is 3. The summed E-state index contributed by atoms with van der Waals surface area (Å²) in [5.41, 5.74) is 1.64. The zero-order valence-corrected chi connectivity index (χ0v) is 15.6. The highest BCUT2D eigenvalue weighted by Crippen LogP contribution is 2.30. The number of benzene rings is 3. The van der Waals surface area contributed by atoms with Crippen LogP contribution in [-0.4, -0.2) is 14.8 Å². The smallest absolute Gasteiger partial charge is 0.292 e. The predicted octanol–water partition coefficient (Wildman–Crippen LogP) is 4.62. The van der Waals surface area contributed by atoms with E-state index < -0.39 is 14.8 Å². The Kier molecular flexibility index (Phi) is 5.97. The standard InChI is InChI=1S/C20H16N4O6/c25-22(26)17-9-5-15(6-10-17)13-21(19-3-1-2-4-20(19)24(29)30)14-16-7-11-18(12-8-16)23(27)28/h1-12H,13-14H2. The van der Waals surface area contributed by atoms with Crippen LogP contribution >= 0.6 is 0 Å². The number of nitrogens with zero attached hydrogens (tertiary/aromatic N) is 4. The van der Waals surface area contributed by atoms with E-state index in [1.54, 1.807) is 47.4 Å². The number of non-ortho nitro benzene ring substituents is 2. The van der Waals surface area contributed by atoms with E-state index in [1.807, 2.05) is 0 Å². The molecule has 0 heterocycles. The van der Waals surface area contributed by atoms with Crippen molar-refractivity contribution in [3.8, 4) is 0 Å². The van der Waals surface area contributed by atoms with Gasteiger partial charge in [-0.1, -0.05) is 36.4 Å². The average molecular weight is 408 g/mol. The lowest BCUT2D eigenvalue weighted by Crippen LogP contribution is -2.23. The summed E-state index contributed by atoms with van der Waals surface area (Å²) in [7, 11) is 0. The molecule has 0 aromatic heterocycles. The van der Waals surface area contributed by atoms with E-state index in [2.05, 4.69) is 0 Å². The maximum Gasteiger partial charge on any atom is 0.292 e. The molecule has 0 aliphatic carbocycles. The maximum atomic E-state index is 11.5. The van der Waals surface area contributed by atoms with Gasteiger partial charge in [0.1, 0.15) is 5.69 Å². The SMILES string of the molecule is O=[N+]([O-])c1ccc(CN(Cc2ccc([N+](=O)[O-])cc2)c2ccccc2[N+](=O)[O-])cc1. The maximum absolute atomic E-state index is 11.5. The van der Waals surface area contributed by atoms with Crippen LogP contribution in [0.4, 0.5) is 22.7 Å². The van der Waals surface area contributed by atoms with E-state index in [4.69, 9.17) is 0 Å². The summed E-state index contributed by atoms with van der Waals surface area (Å²) in [4.78, 5) is 33.5. The highest BCUT2D eigenvalue weighted by Gasteiger charge is 2.20. The van der Waals surface area contributed by atoms with Gasteiger partial charge in [-0.15, -0.1) is 0 Å². The third kappa shape index (κ3) is 4.73. The van der Waals surface area contributed by atoms with E-state index in [-0.39, 0.29) is 30.2 Å². The molecule has 3 rings (SSSR count). The molecule has 0 amide bonds. The second kappa shape index (κ2) is 8.78. The number of anilines is 1. The number of para-hydroxylation sites is 2. The molecule has 3 aromatic rings. The summed E-state index contributed by atoms with van der Waals surface area (Å²) in [5, 5.41) is 33.2. The zero-order valence-electron chi connectivity index (χ0n) is 15.6. The van der Waals surface area contributed by atoms with Gasteiger partial charge in [0.05, 0.1) is 14.8 Å². The topological polar surface area (TPSA) is 133 Å². The molecule has 10 heteroatoms. The van der Waals surface area contributed by atoms with Crippen LogP contribution in [0.1, 0.15) is 11.1 Å². The minimum absolute atomic E-state index is 0.0497. The lowest BCUT2D eigenvalue weighted by molar-refractivity contribution is -0.385. The van der Waals surface area contributed by atoms with E-state index >= 15 is 0 Å². The number of hydrogen-bond donors (Lipinski definition) is 0. The van der Waals surface area contributed by atoms with Crippen LogP contribution in [0.15, 0.2) is 72.8 Å². The summed E-state index contributed by atoms with van der Waals surface area (Å²) in [6, 6.07) is 18.1. The second-order valence-corrected chi connectivity index (χ2v) is 6.45. The fraction of sp³-hybridized carbons (Fsp3) is 0.100. The second-order valence-electron chi connectivity index (χ2n) is 6.45. The van der Waals surface area contributed by atoms with E-state index in [1.165, 1.54) is 30.3 Å². The van der Waals surface area contributed by atoms with E-state index in [0.29, 0.717) is 5.69 Å². The first-order valence-electron chi connectivity index (χ1n) is 8.80. The van der Waals surface area contributed by atoms with Gasteiger partial charge >= 0.3 is 0 Å². The molecule has 0 saturated heterocycles. The van der Waals surface area contributed by atoms with Crippen LogP contribution in [0.3, 0.4) is 0 Å². The first-order valence-corrected chi connectivity index (χ1v) is 8.80. The molecule has 0 aliphatic heterocycles. The summed E-state index contributed by atoms with van der Waals surface area (Å²) >= 11 is 0. The van der Waals surface area contributed by atoms with Crippen molar-refractivity contribution in [2.24, 2.45) is 0 Å². The third-order valence-corrected chi connectivity index (χ3v) is 4.46. The molecule has 30 heavy (non-hydrogen) atoms. The first-order chi connectivity index (χ1) is 14.3. The Bertz CT molecular complexity index is 1020. The van der Waals surface area contributed by atoms with Crippen molar-refractivity contribution in [1.82, 2.24) is 0 Å². The minimum Gasteiger partial charge on any atom is -0.357 e. The molecule has 0 aliphatic rings. The molecule has 0 radical (unpaired) electrons. The quantitative estimate of drug-likeness (QED) is 0.392. The number of rotatable bonds is 8. The van der Waals surface area contributed by atoms with Crippen molar-refractivity contribution in [3.05, 3.63) is 114 Å². The molecular formula is C20H16N4O6. The zero-order chi connectivity index (χ0) is 21.7. The lowest BCUT2D eigenvalue weighted by Gasteiger charge is -2.25. The molecule has 3 aromatic carbocycles. The van der Waals surface area contributed by atoms with Crippen LogP contribution in [0.2, 0.25) is 0 Å². The summed E-state index contributed by atoms with van der Waals surface area (Å²) in [5.74, 6) is 0. The molecule has 152 valence electrons. The van der Waals surface area contributed by atoms with Gasteiger partial charge in [-0.2, -0.15) is 0 Å². The van der Waals surface area contributed by atoms with Crippen molar-refractivity contribution < 1.29 is 14.8 Å². The summed E-state index contributed by atoms with van der Waals surface area (Å²) in [6.07, 6.45) is 0. The van der Waals surface area contributed by atoms with E-state index in [9.17, 15) is 30.3 Å². The fourth-order valence-electron chi connectivity index (χ4n) is 3.00. The Balaban J connectivity index is 1.95. The summed E-state index contributed by atoms with van der Waals surface area (Å²) < 4.78 is 0. The molecular weight excluding hydrogens is 392 g/mol. The van der Waals surface area contributed by atoms with Crippen molar-refractivity contribution >= 4 is 22.7 Å². The van der Waals surface area contributed by atoms with Gasteiger partial charge in [-0.25, -0.2) is 0 Å². The number of nitro groups is 3. The van der Waals surface area contributed by atoms with E-state index in [0.717, 1.165) is 11.1 Å². The molecule has 0 fully saturated rings. The van der Waals surface area contributed by atoms with Crippen LogP contribution in [0.25, 0.3) is 0 Å². The molecule has 0 atom stereocenters.